The second-order valence-corrected chi connectivity index (χ2v) is 5.97. The number of hydrogen-bond acceptors (Lipinski definition) is 4. The minimum atomic E-state index is 0.645. The van der Waals surface area contributed by atoms with Crippen molar-refractivity contribution >= 4 is 23.3 Å². The predicted octanol–water partition coefficient (Wildman–Crippen LogP) is 1.72. The molecule has 0 bridgehead atoms. The van der Waals surface area contributed by atoms with Gasteiger partial charge in [-0.2, -0.15) is 16.9 Å². The molecule has 1 aromatic rings. The molecule has 0 spiro atoms. The summed E-state index contributed by atoms with van der Waals surface area (Å²) in [5.74, 6) is 3.79. The van der Waals surface area contributed by atoms with Crippen LogP contribution in [0.4, 0.5) is 11.5 Å². The summed E-state index contributed by atoms with van der Waals surface area (Å²) < 4.78 is 2.06. The van der Waals surface area contributed by atoms with Crippen LogP contribution >= 0.6 is 11.8 Å². The van der Waals surface area contributed by atoms with Gasteiger partial charge in [-0.05, 0) is 6.42 Å². The number of rotatable bonds is 2. The van der Waals surface area contributed by atoms with Crippen LogP contribution in [0.15, 0.2) is 0 Å². The molecule has 1 saturated heterocycles. The summed E-state index contributed by atoms with van der Waals surface area (Å²) in [6, 6.07) is 0.645. The molecule has 4 nitrogen and oxygen atoms in total. The van der Waals surface area contributed by atoms with E-state index in [1.807, 2.05) is 0 Å². The van der Waals surface area contributed by atoms with E-state index in [0.717, 1.165) is 25.9 Å². The van der Waals surface area contributed by atoms with Crippen LogP contribution in [0.5, 0.6) is 0 Å². The number of nitrogens with zero attached hydrogens (tertiary/aromatic N) is 3. The summed E-state index contributed by atoms with van der Waals surface area (Å²) in [7, 11) is 2.07. The molecule has 1 N–H and O–H groups in total. The lowest BCUT2D eigenvalue weighted by molar-refractivity contribution is 0.618. The Balaban J connectivity index is 1.98. The molecule has 94 valence electrons. The van der Waals surface area contributed by atoms with E-state index in [4.69, 9.17) is 0 Å². The third-order valence-electron chi connectivity index (χ3n) is 3.59. The van der Waals surface area contributed by atoms with E-state index in [1.54, 1.807) is 0 Å². The first-order valence-corrected chi connectivity index (χ1v) is 7.61. The molecule has 0 amide bonds. The summed E-state index contributed by atoms with van der Waals surface area (Å²) in [5, 5.41) is 8.28. The number of anilines is 2. The average Bonchev–Trinajstić information content (AvgIpc) is 2.67. The van der Waals surface area contributed by atoms with Crippen LogP contribution in [-0.2, 0) is 13.5 Å². The van der Waals surface area contributed by atoms with Crippen molar-refractivity contribution < 1.29 is 0 Å². The number of thioether (sulfide) groups is 1. The van der Waals surface area contributed by atoms with E-state index in [9.17, 15) is 0 Å². The maximum Gasteiger partial charge on any atom is 0.150 e. The van der Waals surface area contributed by atoms with Crippen molar-refractivity contribution in [2.45, 2.75) is 25.8 Å². The molecule has 3 heterocycles. The Labute approximate surface area is 107 Å². The largest absolute Gasteiger partial charge is 0.378 e. The topological polar surface area (TPSA) is 33.1 Å². The van der Waals surface area contributed by atoms with Crippen LogP contribution in [0, 0.1) is 0 Å². The third-order valence-corrected chi connectivity index (χ3v) is 4.68. The molecule has 17 heavy (non-hydrogen) atoms. The first-order chi connectivity index (χ1) is 8.31. The Morgan fingerprint density at radius 1 is 1.53 bits per heavy atom. The smallest absolute Gasteiger partial charge is 0.150 e. The average molecular weight is 252 g/mol. The van der Waals surface area contributed by atoms with Crippen LogP contribution < -0.4 is 10.2 Å². The van der Waals surface area contributed by atoms with E-state index >= 15 is 0 Å². The number of hydrogen-bond donors (Lipinski definition) is 1. The number of fused-ring (bicyclic) bond motifs is 3. The van der Waals surface area contributed by atoms with E-state index in [2.05, 4.69) is 45.7 Å². The molecule has 1 fully saturated rings. The Morgan fingerprint density at radius 2 is 2.41 bits per heavy atom. The Morgan fingerprint density at radius 3 is 3.24 bits per heavy atom. The van der Waals surface area contributed by atoms with Crippen LogP contribution in [0.2, 0.25) is 0 Å². The maximum atomic E-state index is 4.68. The van der Waals surface area contributed by atoms with Crippen molar-refractivity contribution in [3.8, 4) is 0 Å². The zero-order valence-electron chi connectivity index (χ0n) is 10.6. The Hall–Kier alpha value is -0.840. The number of aromatic nitrogens is 2. The monoisotopic (exact) mass is 252 g/mol. The van der Waals surface area contributed by atoms with E-state index < -0.39 is 0 Å². The molecule has 0 aliphatic carbocycles. The molecule has 0 radical (unpaired) electrons. The van der Waals surface area contributed by atoms with E-state index in [1.165, 1.54) is 28.7 Å². The molecule has 1 atom stereocenters. The highest BCUT2D eigenvalue weighted by Crippen LogP contribution is 2.36. The van der Waals surface area contributed by atoms with Crippen LogP contribution in [0.3, 0.4) is 0 Å². The van der Waals surface area contributed by atoms with Gasteiger partial charge in [0.05, 0.1) is 11.7 Å². The number of nitrogens with one attached hydrogen (secondary N) is 1. The van der Waals surface area contributed by atoms with Gasteiger partial charge in [-0.25, -0.2) is 0 Å². The Bertz CT molecular complexity index is 415. The highest BCUT2D eigenvalue weighted by molar-refractivity contribution is 7.99. The molecule has 1 aromatic heterocycles. The van der Waals surface area contributed by atoms with Crippen molar-refractivity contribution in [1.82, 2.24) is 9.78 Å². The van der Waals surface area contributed by atoms with E-state index in [-0.39, 0.29) is 0 Å². The highest BCUT2D eigenvalue weighted by Gasteiger charge is 2.32. The van der Waals surface area contributed by atoms with Crippen molar-refractivity contribution in [3.05, 3.63) is 5.69 Å². The molecule has 5 heteroatoms. The first-order valence-electron chi connectivity index (χ1n) is 6.45. The maximum absolute atomic E-state index is 4.68. The summed E-state index contributed by atoms with van der Waals surface area (Å²) in [5.41, 5.74) is 2.53. The minimum Gasteiger partial charge on any atom is -0.378 e. The van der Waals surface area contributed by atoms with Crippen molar-refractivity contribution in [2.75, 3.05) is 34.8 Å². The minimum absolute atomic E-state index is 0.645. The van der Waals surface area contributed by atoms with Gasteiger partial charge >= 0.3 is 0 Å². The standard InChI is InChI=1S/C12H20N4S/c1-3-4-10-11-12(15(2)14-10)16-5-6-17-8-9(16)7-13-11/h9,13H,3-8H2,1-2H3. The zero-order valence-corrected chi connectivity index (χ0v) is 11.4. The highest BCUT2D eigenvalue weighted by atomic mass is 32.2. The van der Waals surface area contributed by atoms with Gasteiger partial charge in [0.1, 0.15) is 5.69 Å². The van der Waals surface area contributed by atoms with Gasteiger partial charge in [0.2, 0.25) is 0 Å². The van der Waals surface area contributed by atoms with Gasteiger partial charge in [0.15, 0.2) is 5.82 Å². The molecule has 1 unspecified atom stereocenters. The van der Waals surface area contributed by atoms with Gasteiger partial charge < -0.3 is 10.2 Å². The summed E-state index contributed by atoms with van der Waals surface area (Å²) >= 11 is 2.07. The second-order valence-electron chi connectivity index (χ2n) is 4.82. The molecule has 2 aliphatic heterocycles. The lowest BCUT2D eigenvalue weighted by Gasteiger charge is -2.41. The van der Waals surface area contributed by atoms with Crippen LogP contribution in [0.1, 0.15) is 19.0 Å². The zero-order chi connectivity index (χ0) is 11.8. The summed E-state index contributed by atoms with van der Waals surface area (Å²) in [6.07, 6.45) is 2.23. The fourth-order valence-corrected chi connectivity index (χ4v) is 3.88. The fraction of sp³-hybridized carbons (Fsp3) is 0.750. The predicted molar refractivity (Wildman–Crippen MR) is 74.2 cm³/mol. The summed E-state index contributed by atoms with van der Waals surface area (Å²) in [6.45, 7) is 4.45. The number of aryl methyl sites for hydroxylation is 2. The van der Waals surface area contributed by atoms with E-state index in [0.29, 0.717) is 6.04 Å². The Kier molecular flexibility index (Phi) is 2.94. The third kappa shape index (κ3) is 1.80. The molecule has 2 aliphatic rings. The SMILES string of the molecule is CCCc1nn(C)c2c1NCC1CSCCN21. The first kappa shape index (κ1) is 11.3. The molecule has 0 aromatic carbocycles. The fourth-order valence-electron chi connectivity index (χ4n) is 2.81. The van der Waals surface area contributed by atoms with Gasteiger partial charge in [-0.15, -0.1) is 0 Å². The lowest BCUT2D eigenvalue weighted by atomic mass is 10.1. The molecule has 0 saturated carbocycles. The lowest BCUT2D eigenvalue weighted by Crippen LogP contribution is -2.50. The molecular weight excluding hydrogens is 232 g/mol. The van der Waals surface area contributed by atoms with Gasteiger partial charge in [-0.3, -0.25) is 4.68 Å². The van der Waals surface area contributed by atoms with Crippen molar-refractivity contribution in [1.29, 1.82) is 0 Å². The van der Waals surface area contributed by atoms with Crippen LogP contribution in [0.25, 0.3) is 0 Å². The molecular formula is C12H20N4S. The normalized spacial score (nSPS) is 22.9. The second kappa shape index (κ2) is 4.44. The van der Waals surface area contributed by atoms with Crippen molar-refractivity contribution in [2.24, 2.45) is 7.05 Å². The quantitative estimate of drug-likeness (QED) is 0.869. The molecule has 3 rings (SSSR count). The summed E-state index contributed by atoms with van der Waals surface area (Å²) in [4.78, 5) is 2.55. The van der Waals surface area contributed by atoms with Crippen molar-refractivity contribution in [3.63, 3.8) is 0 Å². The van der Waals surface area contributed by atoms with Crippen LogP contribution in [-0.4, -0.2) is 40.4 Å². The van der Waals surface area contributed by atoms with Gasteiger partial charge in [0.25, 0.3) is 0 Å². The van der Waals surface area contributed by atoms with Gasteiger partial charge in [0, 0.05) is 31.6 Å². The van der Waals surface area contributed by atoms with Gasteiger partial charge in [-0.1, -0.05) is 13.3 Å².